The van der Waals surface area contributed by atoms with E-state index in [1.165, 1.54) is 0 Å². The van der Waals surface area contributed by atoms with Gasteiger partial charge in [-0.25, -0.2) is 0 Å². The molecule has 2 aliphatic rings. The van der Waals surface area contributed by atoms with Gasteiger partial charge in [0.25, 0.3) is 0 Å². The molecule has 2 aliphatic heterocycles. The maximum Gasteiger partial charge on any atom is 0.152 e. The monoisotopic (exact) mass is 187 g/mol. The molecule has 0 bridgehead atoms. The maximum absolute atomic E-state index is 5.36. The van der Waals surface area contributed by atoms with Gasteiger partial charge in [0.15, 0.2) is 5.75 Å². The topological polar surface area (TPSA) is 45.6 Å². The molecule has 4 heteroatoms. The molecule has 70 valence electrons. The molecule has 4 nitrogen and oxygen atoms in total. The van der Waals surface area contributed by atoms with Crippen molar-refractivity contribution in [1.29, 1.82) is 0 Å². The number of rotatable bonds is 0. The Morgan fingerprint density at radius 2 is 2.29 bits per heavy atom. The highest BCUT2D eigenvalue weighted by molar-refractivity contribution is 5.92. The van der Waals surface area contributed by atoms with Crippen molar-refractivity contribution in [3.05, 3.63) is 30.2 Å². The predicted octanol–water partition coefficient (Wildman–Crippen LogP) is 1.76. The van der Waals surface area contributed by atoms with Crippen molar-refractivity contribution >= 4 is 17.6 Å². The summed E-state index contributed by atoms with van der Waals surface area (Å²) >= 11 is 0. The van der Waals surface area contributed by atoms with E-state index in [2.05, 4.69) is 15.6 Å². The number of nitrogens with one attached hydrogen (secondary N) is 2. The summed E-state index contributed by atoms with van der Waals surface area (Å²) in [5, 5.41) is 6.30. The van der Waals surface area contributed by atoms with Crippen molar-refractivity contribution < 1.29 is 4.74 Å². The van der Waals surface area contributed by atoms with Crippen LogP contribution in [-0.4, -0.2) is 12.9 Å². The number of hydrogen-bond donors (Lipinski definition) is 2. The summed E-state index contributed by atoms with van der Waals surface area (Å²) in [5.41, 5.74) is 3.12. The number of benzene rings is 1. The molecule has 0 aliphatic carbocycles. The lowest BCUT2D eigenvalue weighted by Gasteiger charge is -2.18. The zero-order valence-corrected chi connectivity index (χ0v) is 7.45. The third-order valence-corrected chi connectivity index (χ3v) is 2.24. The average Bonchev–Trinajstić information content (AvgIpc) is 2.26. The van der Waals surface area contributed by atoms with Gasteiger partial charge in [0.1, 0.15) is 12.9 Å². The number of fused-ring (bicyclic) bond motifs is 2. The minimum absolute atomic E-state index is 0.634. The van der Waals surface area contributed by atoms with Crippen molar-refractivity contribution in [3.63, 3.8) is 0 Å². The zero-order valence-electron chi connectivity index (χ0n) is 7.45. The van der Waals surface area contributed by atoms with Gasteiger partial charge in [0.05, 0.1) is 5.69 Å². The first-order valence-corrected chi connectivity index (χ1v) is 4.43. The Bertz CT molecular complexity index is 437. The van der Waals surface area contributed by atoms with E-state index < -0.39 is 0 Å². The van der Waals surface area contributed by atoms with Crippen LogP contribution in [0.5, 0.6) is 5.75 Å². The van der Waals surface area contributed by atoms with Crippen molar-refractivity contribution in [2.75, 3.05) is 17.3 Å². The van der Waals surface area contributed by atoms with Crippen molar-refractivity contribution in [1.82, 2.24) is 0 Å². The molecule has 0 saturated heterocycles. The van der Waals surface area contributed by atoms with E-state index in [0.29, 0.717) is 6.67 Å². The van der Waals surface area contributed by atoms with Crippen LogP contribution in [0.2, 0.25) is 0 Å². The molecule has 0 radical (unpaired) electrons. The second-order valence-corrected chi connectivity index (χ2v) is 3.15. The number of ether oxygens (including phenoxy) is 1. The van der Waals surface area contributed by atoms with Crippen LogP contribution in [0, 0.1) is 0 Å². The molecule has 0 atom stereocenters. The number of anilines is 2. The van der Waals surface area contributed by atoms with E-state index >= 15 is 0 Å². The van der Waals surface area contributed by atoms with Crippen LogP contribution in [0.15, 0.2) is 29.6 Å². The second-order valence-electron chi connectivity index (χ2n) is 3.15. The Balaban J connectivity index is 2.14. The number of hydrogen-bond acceptors (Lipinski definition) is 4. The van der Waals surface area contributed by atoms with Gasteiger partial charge < -0.3 is 15.4 Å². The molecule has 0 fully saturated rings. The highest BCUT2D eigenvalue weighted by Gasteiger charge is 2.12. The Morgan fingerprint density at radius 1 is 1.29 bits per heavy atom. The summed E-state index contributed by atoms with van der Waals surface area (Å²) in [7, 11) is 0. The lowest BCUT2D eigenvalue weighted by Crippen LogP contribution is -2.09. The van der Waals surface area contributed by atoms with Crippen molar-refractivity contribution in [2.45, 2.75) is 0 Å². The lowest BCUT2D eigenvalue weighted by atomic mass is 10.1. The minimum Gasteiger partial charge on any atom is -0.461 e. The Morgan fingerprint density at radius 3 is 3.29 bits per heavy atom. The van der Waals surface area contributed by atoms with Crippen LogP contribution in [-0.2, 0) is 0 Å². The molecule has 0 saturated carbocycles. The summed E-state index contributed by atoms with van der Waals surface area (Å²) in [6.07, 6.45) is 5.26. The number of aliphatic imine (C=N–C) groups is 1. The van der Waals surface area contributed by atoms with Gasteiger partial charge in [0.2, 0.25) is 0 Å². The van der Waals surface area contributed by atoms with Gasteiger partial charge in [-0.05, 0) is 6.07 Å². The quantitative estimate of drug-likeness (QED) is 0.650. The van der Waals surface area contributed by atoms with E-state index in [9.17, 15) is 0 Å². The van der Waals surface area contributed by atoms with E-state index in [1.807, 2.05) is 18.3 Å². The fourth-order valence-electron chi connectivity index (χ4n) is 1.57. The predicted molar refractivity (Wildman–Crippen MR) is 55.9 cm³/mol. The molecule has 2 heterocycles. The van der Waals surface area contributed by atoms with Crippen LogP contribution in [0.1, 0.15) is 5.56 Å². The average molecular weight is 187 g/mol. The fourth-order valence-corrected chi connectivity index (χ4v) is 1.57. The van der Waals surface area contributed by atoms with Gasteiger partial charge in [-0.1, -0.05) is 0 Å². The van der Waals surface area contributed by atoms with E-state index in [4.69, 9.17) is 4.74 Å². The van der Waals surface area contributed by atoms with Crippen molar-refractivity contribution in [2.24, 2.45) is 4.99 Å². The Kier molecular flexibility index (Phi) is 1.47. The molecule has 1 aromatic rings. The summed E-state index contributed by atoms with van der Waals surface area (Å²) in [4.78, 5) is 4.14. The first-order chi connectivity index (χ1) is 6.93. The summed E-state index contributed by atoms with van der Waals surface area (Å²) in [6, 6.07) is 4.00. The van der Waals surface area contributed by atoms with E-state index in [0.717, 1.165) is 22.7 Å². The zero-order chi connectivity index (χ0) is 9.38. The van der Waals surface area contributed by atoms with Crippen LogP contribution < -0.4 is 15.4 Å². The van der Waals surface area contributed by atoms with E-state index in [1.54, 1.807) is 12.5 Å². The van der Waals surface area contributed by atoms with Crippen molar-refractivity contribution in [3.8, 4) is 5.75 Å². The minimum atomic E-state index is 0.634. The third-order valence-electron chi connectivity index (χ3n) is 2.24. The van der Waals surface area contributed by atoms with E-state index in [-0.39, 0.29) is 0 Å². The standard InChI is InChI=1S/C10H9N3O/c1-2-14-10-4-8-7(3-9(10)12-1)5-11-6-13-8/h1-5,12-13H,6H2. The summed E-state index contributed by atoms with van der Waals surface area (Å²) in [6.45, 7) is 0.634. The summed E-state index contributed by atoms with van der Waals surface area (Å²) < 4.78 is 5.36. The van der Waals surface area contributed by atoms with Crippen LogP contribution in [0.25, 0.3) is 0 Å². The lowest BCUT2D eigenvalue weighted by molar-refractivity contribution is 0.477. The SMILES string of the molecule is C1=COc2cc3c(cc2N1)C=NCN3. The Hall–Kier alpha value is -1.97. The van der Waals surface area contributed by atoms with Gasteiger partial charge >= 0.3 is 0 Å². The van der Waals surface area contributed by atoms with Crippen LogP contribution in [0.4, 0.5) is 11.4 Å². The summed E-state index contributed by atoms with van der Waals surface area (Å²) in [5.74, 6) is 0.842. The van der Waals surface area contributed by atoms with Gasteiger partial charge in [0, 0.05) is 29.7 Å². The van der Waals surface area contributed by atoms with Crippen LogP contribution in [0.3, 0.4) is 0 Å². The molecular formula is C10H9N3O. The molecule has 0 amide bonds. The molecule has 3 rings (SSSR count). The molecular weight excluding hydrogens is 178 g/mol. The van der Waals surface area contributed by atoms with Crippen LogP contribution >= 0.6 is 0 Å². The first kappa shape index (κ1) is 7.44. The van der Waals surface area contributed by atoms with Gasteiger partial charge in [-0.3, -0.25) is 4.99 Å². The second kappa shape index (κ2) is 2.77. The largest absolute Gasteiger partial charge is 0.461 e. The Labute approximate surface area is 81.3 Å². The third kappa shape index (κ3) is 1.04. The first-order valence-electron chi connectivity index (χ1n) is 4.43. The molecule has 2 N–H and O–H groups in total. The molecule has 0 unspecified atom stereocenters. The molecule has 0 spiro atoms. The fraction of sp³-hybridized carbons (Fsp3) is 0.100. The molecule has 1 aromatic carbocycles. The highest BCUT2D eigenvalue weighted by atomic mass is 16.5. The molecule has 14 heavy (non-hydrogen) atoms. The maximum atomic E-state index is 5.36. The number of nitrogens with zero attached hydrogens (tertiary/aromatic N) is 1. The van der Waals surface area contributed by atoms with Gasteiger partial charge in [-0.15, -0.1) is 0 Å². The van der Waals surface area contributed by atoms with Gasteiger partial charge in [-0.2, -0.15) is 0 Å². The normalized spacial score (nSPS) is 16.0. The highest BCUT2D eigenvalue weighted by Crippen LogP contribution is 2.33. The smallest absolute Gasteiger partial charge is 0.152 e. The molecule has 0 aromatic heterocycles.